The molecule has 7 heterocycles. The van der Waals surface area contributed by atoms with Gasteiger partial charge in [0.25, 0.3) is 6.71 Å². The van der Waals surface area contributed by atoms with Gasteiger partial charge in [-0.25, -0.2) is 0 Å². The normalized spacial score (nSPS) is 12.9. The summed E-state index contributed by atoms with van der Waals surface area (Å²) < 4.78 is 21.5. The van der Waals surface area contributed by atoms with Gasteiger partial charge in [-0.3, -0.25) is 0 Å². The summed E-state index contributed by atoms with van der Waals surface area (Å²) in [5, 5.41) is 11.4. The van der Waals surface area contributed by atoms with Crippen molar-refractivity contribution in [3.05, 3.63) is 297 Å². The minimum absolute atomic E-state index is 0.277. The van der Waals surface area contributed by atoms with Gasteiger partial charge in [0.2, 0.25) is 0 Å². The molecule has 92 heavy (non-hydrogen) atoms. The maximum atomic E-state index is 7.04. The second kappa shape index (κ2) is 18.9. The third-order valence-corrected chi connectivity index (χ3v) is 21.0. The van der Waals surface area contributed by atoms with Gasteiger partial charge >= 0.3 is 0 Å². The Morgan fingerprint density at radius 2 is 0.739 bits per heavy atom. The summed E-state index contributed by atoms with van der Waals surface area (Å²) in [5.74, 6) is 0. The summed E-state index contributed by atoms with van der Waals surface area (Å²) in [6.07, 6.45) is 0. The van der Waals surface area contributed by atoms with Crippen LogP contribution in [-0.2, 0) is 0 Å². The van der Waals surface area contributed by atoms with Gasteiger partial charge in [0.05, 0.1) is 54.6 Å². The van der Waals surface area contributed by atoms with E-state index in [1.54, 1.807) is 0 Å². The molecule has 0 radical (unpaired) electrons. The Morgan fingerprint density at radius 3 is 1.28 bits per heavy atom. The highest BCUT2D eigenvalue weighted by molar-refractivity contribution is 7.26. The van der Waals surface area contributed by atoms with Crippen molar-refractivity contribution in [2.24, 2.45) is 0 Å². The number of hydrogen-bond acceptors (Lipinski definition) is 5. The number of nitrogens with zero attached hydrogens (tertiary/aromatic N) is 4. The number of hydrogen-bond donors (Lipinski definition) is 0. The first-order valence-electron chi connectivity index (χ1n) is 31.5. The van der Waals surface area contributed by atoms with E-state index in [1.807, 2.05) is 11.3 Å². The maximum absolute atomic E-state index is 7.04. The van der Waals surface area contributed by atoms with E-state index in [-0.39, 0.29) is 6.71 Å². The molecule has 2 aliphatic rings. The number of furan rings is 2. The molecule has 0 N–H and O–H groups in total. The zero-order valence-electron chi connectivity index (χ0n) is 49.4. The maximum Gasteiger partial charge on any atom is 0.252 e. The molecule has 14 aromatic carbocycles. The first-order valence-corrected chi connectivity index (χ1v) is 32.3. The van der Waals surface area contributed by atoms with Crippen LogP contribution in [0.2, 0.25) is 0 Å². The molecule has 426 valence electrons. The molecule has 2 aliphatic heterocycles. The van der Waals surface area contributed by atoms with Crippen molar-refractivity contribution in [2.45, 2.75) is 0 Å². The molecular weight excluding hydrogens is 1140 g/mol. The monoisotopic (exact) mass is 1190 g/mol. The summed E-state index contributed by atoms with van der Waals surface area (Å²) in [6.45, 7) is -0.277. The lowest BCUT2D eigenvalue weighted by atomic mass is 9.33. The van der Waals surface area contributed by atoms with Crippen molar-refractivity contribution in [2.75, 3.05) is 9.80 Å². The Hall–Kier alpha value is -11.8. The van der Waals surface area contributed by atoms with Gasteiger partial charge in [-0.15, -0.1) is 11.3 Å². The summed E-state index contributed by atoms with van der Waals surface area (Å²) in [7, 11) is 0. The SMILES string of the molecule is c1ccc(-c2ccc3oc4cccc(N5c6cc7c8ccccc8n(-c8ccccc8)c7cc6B6c7cc8c(cc7N(c7cccc9oc%10ccc(-c%11ccccc%11)cc%10c79)c7c6c5cc5c7sc6ccccc65)c5ccccc5n8-c5ccccc5)c4c3c2)cc1. The number of rotatable bonds is 6. The summed E-state index contributed by atoms with van der Waals surface area (Å²) in [5.41, 5.74) is 25.1. The lowest BCUT2D eigenvalue weighted by molar-refractivity contribution is 0.668. The van der Waals surface area contributed by atoms with Crippen molar-refractivity contribution in [3.8, 4) is 33.6 Å². The van der Waals surface area contributed by atoms with Crippen molar-refractivity contribution in [1.29, 1.82) is 0 Å². The number of benzene rings is 14. The second-order valence-electron chi connectivity index (χ2n) is 24.6. The molecule has 0 bridgehead atoms. The van der Waals surface area contributed by atoms with Crippen molar-refractivity contribution >= 4 is 176 Å². The van der Waals surface area contributed by atoms with Crippen molar-refractivity contribution in [1.82, 2.24) is 9.13 Å². The Bertz CT molecular complexity index is 6280. The lowest BCUT2D eigenvalue weighted by Crippen LogP contribution is -2.61. The van der Waals surface area contributed by atoms with Crippen LogP contribution in [0.1, 0.15) is 0 Å². The Labute approximate surface area is 531 Å². The van der Waals surface area contributed by atoms with E-state index in [0.717, 1.165) is 128 Å². The standard InChI is InChI=1S/C84H49BN4O2S/c1-5-21-50(22-6-1)52-39-41-75-62(43-52)80-68(34-19-36-77(80)90-75)88-72-45-59-56-29-13-16-32-66(56)86(54-25-9-3-10-26-54)70(59)48-64(72)85-65-49-71-60(57-30-14-17-33-67(57)87(71)55-27-11-4-12-28-55)46-73(65)89(83-82(85)74(88)47-61-58-31-15-18-38-79(58)92-84(61)83)69-35-20-37-78-81(69)63-44-53(40-42-76(63)91-78)51-23-7-2-8-24-51/h1-49H. The minimum atomic E-state index is -0.277. The highest BCUT2D eigenvalue weighted by Gasteiger charge is 2.47. The van der Waals surface area contributed by atoms with Gasteiger partial charge in [-0.1, -0.05) is 176 Å². The fraction of sp³-hybridized carbons (Fsp3) is 0. The largest absolute Gasteiger partial charge is 0.456 e. The highest BCUT2D eigenvalue weighted by Crippen LogP contribution is 2.55. The van der Waals surface area contributed by atoms with E-state index < -0.39 is 0 Å². The topological polar surface area (TPSA) is 42.6 Å². The minimum Gasteiger partial charge on any atom is -0.456 e. The van der Waals surface area contributed by atoms with E-state index in [2.05, 4.69) is 316 Å². The second-order valence-corrected chi connectivity index (χ2v) is 25.7. The summed E-state index contributed by atoms with van der Waals surface area (Å²) >= 11 is 1.90. The quantitative estimate of drug-likeness (QED) is 0.156. The number of thiophene rings is 1. The summed E-state index contributed by atoms with van der Waals surface area (Å²) in [6, 6.07) is 110. The Morgan fingerprint density at radius 1 is 0.283 bits per heavy atom. The molecule has 19 aromatic rings. The van der Waals surface area contributed by atoms with Crippen LogP contribution in [0, 0.1) is 0 Å². The van der Waals surface area contributed by atoms with Gasteiger partial charge < -0.3 is 27.8 Å². The van der Waals surface area contributed by atoms with Gasteiger partial charge in [0.1, 0.15) is 22.3 Å². The number of fused-ring (bicyclic) bond motifs is 20. The van der Waals surface area contributed by atoms with Crippen LogP contribution in [-0.4, -0.2) is 15.8 Å². The van der Waals surface area contributed by atoms with Crippen LogP contribution >= 0.6 is 11.3 Å². The highest BCUT2D eigenvalue weighted by atomic mass is 32.1. The molecule has 0 spiro atoms. The third-order valence-electron chi connectivity index (χ3n) is 19.8. The predicted molar refractivity (Wildman–Crippen MR) is 387 cm³/mol. The Balaban J connectivity index is 0.966. The van der Waals surface area contributed by atoms with Crippen LogP contribution in [0.4, 0.5) is 34.1 Å². The molecule has 21 rings (SSSR count). The zero-order chi connectivity index (χ0) is 59.9. The smallest absolute Gasteiger partial charge is 0.252 e. The van der Waals surface area contributed by atoms with Crippen LogP contribution in [0.25, 0.3) is 141 Å². The van der Waals surface area contributed by atoms with E-state index >= 15 is 0 Å². The van der Waals surface area contributed by atoms with Crippen LogP contribution in [0.5, 0.6) is 0 Å². The number of para-hydroxylation sites is 4. The molecule has 0 aliphatic carbocycles. The molecular formula is C84H49BN4O2S. The van der Waals surface area contributed by atoms with E-state index in [9.17, 15) is 0 Å². The number of anilines is 6. The van der Waals surface area contributed by atoms with Crippen LogP contribution < -0.4 is 26.2 Å². The van der Waals surface area contributed by atoms with Crippen molar-refractivity contribution in [3.63, 3.8) is 0 Å². The van der Waals surface area contributed by atoms with Crippen molar-refractivity contribution < 1.29 is 8.83 Å². The molecule has 0 saturated heterocycles. The van der Waals surface area contributed by atoms with Crippen LogP contribution in [0.3, 0.4) is 0 Å². The lowest BCUT2D eigenvalue weighted by Gasteiger charge is -2.44. The predicted octanol–water partition coefficient (Wildman–Crippen LogP) is 21.5. The first-order chi connectivity index (χ1) is 45.6. The van der Waals surface area contributed by atoms with E-state index in [1.165, 1.54) is 63.8 Å². The first kappa shape index (κ1) is 50.1. The third kappa shape index (κ3) is 6.93. The molecule has 8 heteroatoms. The molecule has 0 amide bonds. The molecule has 6 nitrogen and oxygen atoms in total. The Kier molecular flexibility index (Phi) is 10.3. The zero-order valence-corrected chi connectivity index (χ0v) is 50.2. The number of aromatic nitrogens is 2. The van der Waals surface area contributed by atoms with Gasteiger partial charge in [-0.2, -0.15) is 0 Å². The van der Waals surface area contributed by atoms with Gasteiger partial charge in [0.15, 0.2) is 0 Å². The van der Waals surface area contributed by atoms with Crippen LogP contribution in [0.15, 0.2) is 306 Å². The fourth-order valence-electron chi connectivity index (χ4n) is 16.0. The molecule has 0 atom stereocenters. The van der Waals surface area contributed by atoms with Gasteiger partial charge in [-0.05, 0) is 160 Å². The van der Waals surface area contributed by atoms with E-state index in [4.69, 9.17) is 8.83 Å². The molecule has 0 fully saturated rings. The summed E-state index contributed by atoms with van der Waals surface area (Å²) in [4.78, 5) is 5.28. The average molecular weight is 1190 g/mol. The molecule has 0 unspecified atom stereocenters. The van der Waals surface area contributed by atoms with E-state index in [0.29, 0.717) is 0 Å². The fourth-order valence-corrected chi connectivity index (χ4v) is 17.2. The van der Waals surface area contributed by atoms with Gasteiger partial charge in [0, 0.05) is 76.2 Å². The molecule has 0 saturated carbocycles. The molecule has 5 aromatic heterocycles. The average Bonchev–Trinajstić information content (AvgIpc) is 1.22.